The summed E-state index contributed by atoms with van der Waals surface area (Å²) >= 11 is 0. The number of carboxylic acid groups (broad SMARTS) is 1. The van der Waals surface area contributed by atoms with Crippen LogP contribution in [-0.2, 0) is 14.3 Å². The Hall–Kier alpha value is -1.62. The number of hydrogen-bond acceptors (Lipinski definition) is 3. The predicted molar refractivity (Wildman–Crippen MR) is 81.2 cm³/mol. The Labute approximate surface area is 130 Å². The number of fused-ring (bicyclic) bond motifs is 1. The third-order valence-electron chi connectivity index (χ3n) is 5.08. The number of carbonyl (C=O) groups is 2. The van der Waals surface area contributed by atoms with Gasteiger partial charge in [0.15, 0.2) is 0 Å². The molecule has 0 aromatic carbocycles. The fourth-order valence-electron chi connectivity index (χ4n) is 3.95. The molecule has 3 rings (SSSR count). The van der Waals surface area contributed by atoms with Crippen LogP contribution in [0.2, 0.25) is 0 Å². The van der Waals surface area contributed by atoms with Crippen LogP contribution in [0, 0.1) is 11.8 Å². The lowest BCUT2D eigenvalue weighted by Crippen LogP contribution is -2.40. The number of allylic oxidation sites excluding steroid dienone is 2. The molecule has 1 spiro atoms. The first-order valence-electron chi connectivity index (χ1n) is 7.89. The second kappa shape index (κ2) is 5.23. The molecule has 3 aliphatic heterocycles. The Bertz CT molecular complexity index is 563. The molecule has 120 valence electrons. The van der Waals surface area contributed by atoms with Gasteiger partial charge in [-0.25, -0.2) is 0 Å². The topological polar surface area (TPSA) is 66.8 Å². The Balaban J connectivity index is 1.76. The molecule has 0 aromatic heterocycles. The molecular weight excluding hydrogens is 282 g/mol. The molecule has 0 radical (unpaired) electrons. The Morgan fingerprint density at radius 2 is 2.32 bits per heavy atom. The number of amides is 1. The molecule has 0 aromatic rings. The molecule has 3 aliphatic rings. The van der Waals surface area contributed by atoms with Gasteiger partial charge in [-0.05, 0) is 33.6 Å². The zero-order valence-electron chi connectivity index (χ0n) is 13.3. The number of carbonyl (C=O) groups excluding carboxylic acids is 1. The van der Waals surface area contributed by atoms with E-state index in [1.54, 1.807) is 6.08 Å². The van der Waals surface area contributed by atoms with Gasteiger partial charge in [-0.3, -0.25) is 9.59 Å². The Morgan fingerprint density at radius 1 is 1.59 bits per heavy atom. The second-order valence-corrected chi connectivity index (χ2v) is 6.91. The number of hydrogen-bond donors (Lipinski definition) is 1. The van der Waals surface area contributed by atoms with Crippen molar-refractivity contribution in [1.82, 2.24) is 4.90 Å². The Kier molecular flexibility index (Phi) is 3.63. The maximum Gasteiger partial charge on any atom is 0.310 e. The molecule has 2 fully saturated rings. The smallest absolute Gasteiger partial charge is 0.310 e. The van der Waals surface area contributed by atoms with Gasteiger partial charge in [-0.2, -0.15) is 0 Å². The van der Waals surface area contributed by atoms with E-state index in [1.165, 1.54) is 5.57 Å². The van der Waals surface area contributed by atoms with Gasteiger partial charge in [-0.1, -0.05) is 23.8 Å². The van der Waals surface area contributed by atoms with E-state index >= 15 is 0 Å². The van der Waals surface area contributed by atoms with Crippen LogP contribution >= 0.6 is 0 Å². The van der Waals surface area contributed by atoms with Crippen molar-refractivity contribution in [3.63, 3.8) is 0 Å². The van der Waals surface area contributed by atoms with Crippen molar-refractivity contribution in [1.29, 1.82) is 0 Å². The molecule has 3 heterocycles. The molecule has 5 nitrogen and oxygen atoms in total. The van der Waals surface area contributed by atoms with Gasteiger partial charge in [0.25, 0.3) is 0 Å². The van der Waals surface area contributed by atoms with Crippen LogP contribution in [0.25, 0.3) is 0 Å². The number of aliphatic carboxylic acids is 1. The van der Waals surface area contributed by atoms with Gasteiger partial charge < -0.3 is 14.7 Å². The normalized spacial score (nSPS) is 36.6. The zero-order valence-corrected chi connectivity index (χ0v) is 13.3. The molecule has 5 atom stereocenters. The van der Waals surface area contributed by atoms with Crippen LogP contribution < -0.4 is 0 Å². The van der Waals surface area contributed by atoms with Crippen LogP contribution in [0.4, 0.5) is 0 Å². The van der Waals surface area contributed by atoms with Crippen molar-refractivity contribution >= 4 is 11.9 Å². The molecule has 22 heavy (non-hydrogen) atoms. The first-order chi connectivity index (χ1) is 10.4. The summed E-state index contributed by atoms with van der Waals surface area (Å²) in [6.07, 6.45) is 7.23. The van der Waals surface area contributed by atoms with E-state index in [9.17, 15) is 14.7 Å². The zero-order chi connectivity index (χ0) is 16.1. The molecule has 0 saturated carbocycles. The maximum absolute atomic E-state index is 12.8. The largest absolute Gasteiger partial charge is 0.481 e. The van der Waals surface area contributed by atoms with E-state index in [0.29, 0.717) is 6.54 Å². The van der Waals surface area contributed by atoms with Gasteiger partial charge in [0.05, 0.1) is 18.6 Å². The third-order valence-corrected chi connectivity index (χ3v) is 5.08. The highest BCUT2D eigenvalue weighted by Crippen LogP contribution is 2.52. The van der Waals surface area contributed by atoms with Gasteiger partial charge in [0.2, 0.25) is 5.91 Å². The van der Waals surface area contributed by atoms with Crippen molar-refractivity contribution in [2.45, 2.75) is 51.4 Å². The average Bonchev–Trinajstić information content (AvgIpc) is 3.06. The Morgan fingerprint density at radius 3 is 2.95 bits per heavy atom. The lowest BCUT2D eigenvalue weighted by Gasteiger charge is -2.27. The first kappa shape index (κ1) is 15.3. The van der Waals surface area contributed by atoms with Crippen molar-refractivity contribution in [3.05, 3.63) is 23.8 Å². The molecule has 1 N–H and O–H groups in total. The number of rotatable bonds is 5. The minimum atomic E-state index is -0.936. The summed E-state index contributed by atoms with van der Waals surface area (Å²) in [5.41, 5.74) is 0.557. The molecular formula is C17H23NO4. The highest BCUT2D eigenvalue weighted by Gasteiger charge is 2.67. The van der Waals surface area contributed by atoms with E-state index in [2.05, 4.69) is 19.9 Å². The minimum absolute atomic E-state index is 0.0658. The van der Waals surface area contributed by atoms with E-state index in [-0.39, 0.29) is 11.9 Å². The highest BCUT2D eigenvalue weighted by atomic mass is 16.5. The SMILES string of the molecule is CC(C)=CCC[C@H](C)N1C[C@@]23C=C[C@@H](O2)[C@@H](C(=O)O)[C@@H]3C1=O. The predicted octanol–water partition coefficient (Wildman–Crippen LogP) is 1.99. The van der Waals surface area contributed by atoms with Gasteiger partial charge in [-0.15, -0.1) is 0 Å². The van der Waals surface area contributed by atoms with Crippen molar-refractivity contribution < 1.29 is 19.4 Å². The van der Waals surface area contributed by atoms with Crippen LogP contribution in [0.15, 0.2) is 23.8 Å². The summed E-state index contributed by atoms with van der Waals surface area (Å²) in [5, 5.41) is 9.43. The fraction of sp³-hybridized carbons (Fsp3) is 0.647. The summed E-state index contributed by atoms with van der Waals surface area (Å²) in [7, 11) is 0. The highest BCUT2D eigenvalue weighted by molar-refractivity contribution is 5.90. The lowest BCUT2D eigenvalue weighted by atomic mass is 9.77. The van der Waals surface area contributed by atoms with Crippen molar-refractivity contribution in [2.24, 2.45) is 11.8 Å². The number of ether oxygens (including phenoxy) is 1. The van der Waals surface area contributed by atoms with Crippen molar-refractivity contribution in [3.8, 4) is 0 Å². The molecule has 5 heteroatoms. The molecule has 2 saturated heterocycles. The first-order valence-corrected chi connectivity index (χ1v) is 7.89. The van der Waals surface area contributed by atoms with E-state index < -0.39 is 29.5 Å². The van der Waals surface area contributed by atoms with E-state index in [0.717, 1.165) is 12.8 Å². The molecule has 0 aliphatic carbocycles. The van der Waals surface area contributed by atoms with Crippen LogP contribution in [0.1, 0.15) is 33.6 Å². The fourth-order valence-corrected chi connectivity index (χ4v) is 3.95. The molecule has 1 amide bonds. The van der Waals surface area contributed by atoms with Gasteiger partial charge in [0.1, 0.15) is 11.5 Å². The molecule has 2 bridgehead atoms. The van der Waals surface area contributed by atoms with Crippen molar-refractivity contribution in [2.75, 3.05) is 6.54 Å². The van der Waals surface area contributed by atoms with E-state index in [1.807, 2.05) is 17.9 Å². The number of likely N-dealkylation sites (tertiary alicyclic amines) is 1. The standard InChI is InChI=1S/C17H23NO4/c1-10(2)5-4-6-11(3)18-9-17-8-7-12(22-17)13(16(20)21)14(17)15(18)19/h5,7-8,11-14H,4,6,9H2,1-3H3,(H,20,21)/t11-,12+,13+,14+,17+/m0/s1. The third kappa shape index (κ3) is 2.19. The summed E-state index contributed by atoms with van der Waals surface area (Å²) in [5.74, 6) is -2.31. The average molecular weight is 305 g/mol. The lowest BCUT2D eigenvalue weighted by molar-refractivity contribution is -0.148. The monoisotopic (exact) mass is 305 g/mol. The van der Waals surface area contributed by atoms with Gasteiger partial charge in [0, 0.05) is 6.04 Å². The van der Waals surface area contributed by atoms with Crippen LogP contribution in [0.3, 0.4) is 0 Å². The van der Waals surface area contributed by atoms with Crippen LogP contribution in [-0.4, -0.2) is 46.2 Å². The van der Waals surface area contributed by atoms with Crippen LogP contribution in [0.5, 0.6) is 0 Å². The second-order valence-electron chi connectivity index (χ2n) is 6.91. The summed E-state index contributed by atoms with van der Waals surface area (Å²) in [6, 6.07) is 0.0913. The summed E-state index contributed by atoms with van der Waals surface area (Å²) in [6.45, 7) is 6.62. The van der Waals surface area contributed by atoms with Gasteiger partial charge >= 0.3 is 5.97 Å². The number of nitrogens with zero attached hydrogens (tertiary/aromatic N) is 1. The summed E-state index contributed by atoms with van der Waals surface area (Å²) < 4.78 is 5.88. The maximum atomic E-state index is 12.8. The minimum Gasteiger partial charge on any atom is -0.481 e. The summed E-state index contributed by atoms with van der Waals surface area (Å²) in [4.78, 5) is 26.1. The quantitative estimate of drug-likeness (QED) is 0.789. The van der Waals surface area contributed by atoms with E-state index in [4.69, 9.17) is 4.74 Å². The molecule has 0 unspecified atom stereocenters. The number of carboxylic acids is 1.